The molecule has 0 amide bonds. The summed E-state index contributed by atoms with van der Waals surface area (Å²) in [5.74, 6) is 0.00131. The van der Waals surface area contributed by atoms with E-state index in [0.29, 0.717) is 17.3 Å². The third-order valence-corrected chi connectivity index (χ3v) is 5.97. The summed E-state index contributed by atoms with van der Waals surface area (Å²) in [6, 6.07) is 0. The Morgan fingerprint density at radius 3 is 2.47 bits per heavy atom. The lowest BCUT2D eigenvalue weighted by atomic mass is 9.51. The van der Waals surface area contributed by atoms with Gasteiger partial charge in [0, 0.05) is 12.3 Å². The molecule has 3 aliphatic rings. The minimum Gasteiger partial charge on any atom is -0.365 e. The van der Waals surface area contributed by atoms with Gasteiger partial charge >= 0.3 is 0 Å². The van der Waals surface area contributed by atoms with E-state index in [9.17, 15) is 5.11 Å². The highest BCUT2D eigenvalue weighted by atomic mass is 35.5. The fourth-order valence-electron chi connectivity index (χ4n) is 4.31. The van der Waals surface area contributed by atoms with Gasteiger partial charge in [-0.2, -0.15) is 0 Å². The molecule has 3 heteroatoms. The zero-order chi connectivity index (χ0) is 12.5. The topological polar surface area (TPSA) is 29.5 Å². The molecule has 3 rings (SSSR count). The fourth-order valence-corrected chi connectivity index (χ4v) is 4.57. The Morgan fingerprint density at radius 2 is 1.82 bits per heavy atom. The van der Waals surface area contributed by atoms with Crippen LogP contribution in [0.4, 0.5) is 0 Å². The molecule has 2 aliphatic heterocycles. The van der Waals surface area contributed by atoms with Gasteiger partial charge in [0.2, 0.25) is 0 Å². The van der Waals surface area contributed by atoms with Crippen molar-refractivity contribution in [1.29, 1.82) is 0 Å². The van der Waals surface area contributed by atoms with E-state index in [1.807, 2.05) is 0 Å². The number of aliphatic hydroxyl groups is 1. The zero-order valence-corrected chi connectivity index (χ0v) is 11.8. The quantitative estimate of drug-likeness (QED) is 0.676. The van der Waals surface area contributed by atoms with E-state index in [-0.39, 0.29) is 11.0 Å². The Labute approximate surface area is 109 Å². The van der Waals surface area contributed by atoms with Gasteiger partial charge in [-0.3, -0.25) is 0 Å². The highest BCUT2D eigenvalue weighted by Gasteiger charge is 2.61. The summed E-state index contributed by atoms with van der Waals surface area (Å²) in [6.07, 6.45) is 4.90. The van der Waals surface area contributed by atoms with Crippen LogP contribution >= 0.6 is 11.6 Å². The Hall–Kier alpha value is 0.210. The normalized spacial score (nSPS) is 56.6. The van der Waals surface area contributed by atoms with E-state index in [4.69, 9.17) is 16.3 Å². The molecule has 0 aromatic carbocycles. The van der Waals surface area contributed by atoms with Gasteiger partial charge in [-0.1, -0.05) is 13.8 Å². The van der Waals surface area contributed by atoms with Gasteiger partial charge < -0.3 is 9.84 Å². The first-order valence-corrected chi connectivity index (χ1v) is 7.22. The molecule has 3 fully saturated rings. The number of alkyl halides is 1. The van der Waals surface area contributed by atoms with Gasteiger partial charge in [0.05, 0.1) is 11.0 Å². The average Bonchev–Trinajstić information content (AvgIpc) is 2.59. The van der Waals surface area contributed by atoms with E-state index < -0.39 is 5.79 Å². The molecule has 0 aromatic heterocycles. The maximum atomic E-state index is 10.7. The van der Waals surface area contributed by atoms with Crippen LogP contribution in [-0.2, 0) is 4.74 Å². The molecular weight excluding hydrogens is 236 g/mol. The first-order valence-electron chi connectivity index (χ1n) is 6.84. The van der Waals surface area contributed by atoms with Crippen LogP contribution in [0.1, 0.15) is 52.9 Å². The Kier molecular flexibility index (Phi) is 2.45. The van der Waals surface area contributed by atoms with Crippen LogP contribution in [0.15, 0.2) is 0 Å². The predicted molar refractivity (Wildman–Crippen MR) is 67.9 cm³/mol. The summed E-state index contributed by atoms with van der Waals surface area (Å²) in [5.41, 5.74) is 0.339. The molecule has 0 radical (unpaired) electrons. The molecule has 0 aromatic rings. The summed E-state index contributed by atoms with van der Waals surface area (Å²) < 4.78 is 5.96. The number of hydrogen-bond acceptors (Lipinski definition) is 2. The minimum atomic E-state index is -0.887. The van der Waals surface area contributed by atoms with Crippen LogP contribution in [0.2, 0.25) is 0 Å². The second-order valence-corrected chi connectivity index (χ2v) is 8.08. The summed E-state index contributed by atoms with van der Waals surface area (Å²) >= 11 is 6.60. The van der Waals surface area contributed by atoms with Gasteiger partial charge in [-0.25, -0.2) is 0 Å². The van der Waals surface area contributed by atoms with Gasteiger partial charge in [-0.05, 0) is 43.9 Å². The van der Waals surface area contributed by atoms with E-state index in [1.165, 1.54) is 0 Å². The average molecular weight is 259 g/mol. The van der Waals surface area contributed by atoms with Crippen LogP contribution < -0.4 is 0 Å². The number of ether oxygens (including phenoxy) is 1. The van der Waals surface area contributed by atoms with E-state index in [1.54, 1.807) is 0 Å². The number of hydrogen-bond donors (Lipinski definition) is 1. The van der Waals surface area contributed by atoms with Gasteiger partial charge in [0.25, 0.3) is 0 Å². The number of halogens is 1. The second kappa shape index (κ2) is 3.40. The molecule has 17 heavy (non-hydrogen) atoms. The summed E-state index contributed by atoms with van der Waals surface area (Å²) in [4.78, 5) is -0.304. The van der Waals surface area contributed by atoms with E-state index >= 15 is 0 Å². The van der Waals surface area contributed by atoms with Crippen LogP contribution in [0, 0.1) is 17.3 Å². The molecule has 2 bridgehead atoms. The SMILES string of the molecule is CC1(C)C[C@H]2[C@H]1CC[C@@](C)(Cl)[C@@H]1CC[C@]2(O)O1. The molecule has 98 valence electrons. The van der Waals surface area contributed by atoms with Crippen molar-refractivity contribution in [2.24, 2.45) is 17.3 Å². The molecule has 2 heterocycles. The van der Waals surface area contributed by atoms with Crippen molar-refractivity contribution in [2.75, 3.05) is 0 Å². The van der Waals surface area contributed by atoms with Crippen LogP contribution in [0.3, 0.4) is 0 Å². The lowest BCUT2D eigenvalue weighted by molar-refractivity contribution is -0.287. The lowest BCUT2D eigenvalue weighted by Gasteiger charge is -2.58. The molecular formula is C14H23ClO2. The maximum Gasteiger partial charge on any atom is 0.169 e. The Bertz CT molecular complexity index is 339. The summed E-state index contributed by atoms with van der Waals surface area (Å²) in [7, 11) is 0. The Balaban J connectivity index is 1.90. The molecule has 2 nitrogen and oxygen atoms in total. The van der Waals surface area contributed by atoms with Crippen LogP contribution in [0.25, 0.3) is 0 Å². The highest BCUT2D eigenvalue weighted by molar-refractivity contribution is 6.24. The lowest BCUT2D eigenvalue weighted by Crippen LogP contribution is -2.58. The monoisotopic (exact) mass is 258 g/mol. The number of fused-ring (bicyclic) bond motifs is 4. The molecule has 0 unspecified atom stereocenters. The van der Waals surface area contributed by atoms with Crippen molar-refractivity contribution in [3.63, 3.8) is 0 Å². The van der Waals surface area contributed by atoms with Gasteiger partial charge in [0.15, 0.2) is 5.79 Å². The first kappa shape index (κ1) is 12.3. The first-order chi connectivity index (χ1) is 7.75. The van der Waals surface area contributed by atoms with Gasteiger partial charge in [0.1, 0.15) is 0 Å². The van der Waals surface area contributed by atoms with E-state index in [0.717, 1.165) is 32.1 Å². The van der Waals surface area contributed by atoms with Crippen LogP contribution in [-0.4, -0.2) is 21.9 Å². The summed E-state index contributed by atoms with van der Waals surface area (Å²) in [6.45, 7) is 6.67. The van der Waals surface area contributed by atoms with Crippen molar-refractivity contribution in [1.82, 2.24) is 0 Å². The Morgan fingerprint density at radius 1 is 1.12 bits per heavy atom. The third-order valence-electron chi connectivity index (χ3n) is 5.54. The molecule has 5 atom stereocenters. The second-order valence-electron chi connectivity index (χ2n) is 7.21. The predicted octanol–water partition coefficient (Wildman–Crippen LogP) is 3.31. The van der Waals surface area contributed by atoms with Crippen LogP contribution in [0.5, 0.6) is 0 Å². The highest BCUT2D eigenvalue weighted by Crippen LogP contribution is 2.62. The van der Waals surface area contributed by atoms with Crippen molar-refractivity contribution in [3.8, 4) is 0 Å². The number of rotatable bonds is 0. The fraction of sp³-hybridized carbons (Fsp3) is 1.00. The molecule has 1 N–H and O–H groups in total. The zero-order valence-electron chi connectivity index (χ0n) is 11.0. The molecule has 0 spiro atoms. The van der Waals surface area contributed by atoms with Gasteiger partial charge in [-0.15, -0.1) is 11.6 Å². The minimum absolute atomic E-state index is 0.0267. The van der Waals surface area contributed by atoms with Crippen molar-refractivity contribution >= 4 is 11.6 Å². The molecule has 1 aliphatic carbocycles. The standard InChI is InChI=1S/C14H23ClO2/c1-12(2)8-10-9(12)4-6-13(3,15)11-5-7-14(10,16)17-11/h9-11,16H,4-8H2,1-3H3/t9-,10+,11+,13-,14+/m1/s1. The van der Waals surface area contributed by atoms with Crippen molar-refractivity contribution < 1.29 is 9.84 Å². The van der Waals surface area contributed by atoms with Crippen molar-refractivity contribution in [2.45, 2.75) is 69.6 Å². The summed E-state index contributed by atoms with van der Waals surface area (Å²) in [5, 5.41) is 10.7. The smallest absolute Gasteiger partial charge is 0.169 e. The largest absolute Gasteiger partial charge is 0.365 e. The maximum absolute atomic E-state index is 10.7. The van der Waals surface area contributed by atoms with E-state index in [2.05, 4.69) is 20.8 Å². The third kappa shape index (κ3) is 1.67. The van der Waals surface area contributed by atoms with Crippen molar-refractivity contribution in [3.05, 3.63) is 0 Å². The molecule has 2 saturated heterocycles. The molecule has 1 saturated carbocycles.